The van der Waals surface area contributed by atoms with E-state index in [0.29, 0.717) is 12.5 Å². The van der Waals surface area contributed by atoms with Gasteiger partial charge in [0.2, 0.25) is 0 Å². The first-order valence-corrected chi connectivity index (χ1v) is 7.28. The molecule has 0 spiro atoms. The molecule has 0 saturated carbocycles. The molecule has 0 unspecified atom stereocenters. The van der Waals surface area contributed by atoms with Crippen LogP contribution < -0.4 is 10.5 Å². The summed E-state index contributed by atoms with van der Waals surface area (Å²) in [4.78, 5) is 0. The third-order valence-corrected chi connectivity index (χ3v) is 3.74. The van der Waals surface area contributed by atoms with Gasteiger partial charge in [-0.15, -0.1) is 0 Å². The molecular formula is C14H20BrNO2. The molecule has 1 saturated heterocycles. The summed E-state index contributed by atoms with van der Waals surface area (Å²) in [6, 6.07) is 6.12. The Morgan fingerprint density at radius 1 is 1.33 bits per heavy atom. The molecule has 0 radical (unpaired) electrons. The molecule has 18 heavy (non-hydrogen) atoms. The van der Waals surface area contributed by atoms with Gasteiger partial charge in [0.1, 0.15) is 5.75 Å². The molecule has 1 aliphatic rings. The molecule has 4 heteroatoms. The van der Waals surface area contributed by atoms with Crippen LogP contribution in [0.5, 0.6) is 5.75 Å². The molecule has 0 bridgehead atoms. The van der Waals surface area contributed by atoms with Crippen molar-refractivity contribution in [3.63, 3.8) is 0 Å². The number of nitrogens with two attached hydrogens (primary N) is 1. The molecule has 1 aliphatic heterocycles. The summed E-state index contributed by atoms with van der Waals surface area (Å²) < 4.78 is 12.4. The van der Waals surface area contributed by atoms with E-state index in [1.165, 1.54) is 5.56 Å². The molecule has 0 amide bonds. The zero-order valence-corrected chi connectivity index (χ0v) is 12.1. The molecule has 0 aromatic heterocycles. The summed E-state index contributed by atoms with van der Waals surface area (Å²) in [6.45, 7) is 3.15. The second-order valence-electron chi connectivity index (χ2n) is 4.66. The highest BCUT2D eigenvalue weighted by atomic mass is 79.9. The van der Waals surface area contributed by atoms with Gasteiger partial charge in [-0.25, -0.2) is 0 Å². The second kappa shape index (κ2) is 7.12. The van der Waals surface area contributed by atoms with Gasteiger partial charge < -0.3 is 15.2 Å². The van der Waals surface area contributed by atoms with Crippen molar-refractivity contribution in [1.82, 2.24) is 0 Å². The topological polar surface area (TPSA) is 44.5 Å². The average Bonchev–Trinajstić information content (AvgIpc) is 2.39. The van der Waals surface area contributed by atoms with E-state index in [-0.39, 0.29) is 0 Å². The van der Waals surface area contributed by atoms with Crippen molar-refractivity contribution in [2.75, 3.05) is 26.4 Å². The predicted octanol–water partition coefficient (Wildman–Crippen LogP) is 2.76. The minimum atomic E-state index is 0.619. The molecule has 100 valence electrons. The highest BCUT2D eigenvalue weighted by Crippen LogP contribution is 2.25. The largest absolute Gasteiger partial charge is 0.493 e. The number of benzene rings is 1. The zero-order chi connectivity index (χ0) is 12.8. The van der Waals surface area contributed by atoms with Crippen LogP contribution in [0.2, 0.25) is 0 Å². The van der Waals surface area contributed by atoms with Crippen LogP contribution in [0.1, 0.15) is 18.4 Å². The number of halogens is 1. The molecule has 2 N–H and O–H groups in total. The fraction of sp³-hybridized carbons (Fsp3) is 0.571. The van der Waals surface area contributed by atoms with Gasteiger partial charge >= 0.3 is 0 Å². The lowest BCUT2D eigenvalue weighted by Crippen LogP contribution is -2.21. The summed E-state index contributed by atoms with van der Waals surface area (Å²) in [6.07, 6.45) is 3.05. The van der Waals surface area contributed by atoms with Gasteiger partial charge in [-0.2, -0.15) is 0 Å². The van der Waals surface area contributed by atoms with Gasteiger partial charge in [-0.1, -0.05) is 15.9 Å². The molecule has 0 atom stereocenters. The lowest BCUT2D eigenvalue weighted by molar-refractivity contribution is 0.0496. The summed E-state index contributed by atoms with van der Waals surface area (Å²) in [7, 11) is 0. The van der Waals surface area contributed by atoms with E-state index in [4.69, 9.17) is 15.2 Å². The first kappa shape index (κ1) is 13.8. The molecule has 2 rings (SSSR count). The molecule has 1 fully saturated rings. The summed E-state index contributed by atoms with van der Waals surface area (Å²) in [5.41, 5.74) is 6.81. The third kappa shape index (κ3) is 3.97. The van der Waals surface area contributed by atoms with Crippen LogP contribution in [0.15, 0.2) is 22.7 Å². The van der Waals surface area contributed by atoms with E-state index in [1.54, 1.807) is 0 Å². The standard InChI is InChI=1S/C14H20BrNO2/c15-13-1-2-14(12(9-13)3-6-16)18-10-11-4-7-17-8-5-11/h1-2,9,11H,3-8,10,16H2. The van der Waals surface area contributed by atoms with E-state index in [1.807, 2.05) is 12.1 Å². The number of hydrogen-bond donors (Lipinski definition) is 1. The summed E-state index contributed by atoms with van der Waals surface area (Å²) in [5, 5.41) is 0. The van der Waals surface area contributed by atoms with Gasteiger partial charge in [0.05, 0.1) is 6.61 Å². The Balaban J connectivity index is 1.94. The minimum Gasteiger partial charge on any atom is -0.493 e. The first-order chi connectivity index (χ1) is 8.79. The lowest BCUT2D eigenvalue weighted by atomic mass is 10.0. The lowest BCUT2D eigenvalue weighted by Gasteiger charge is -2.22. The molecule has 3 nitrogen and oxygen atoms in total. The van der Waals surface area contributed by atoms with Gasteiger partial charge in [0.15, 0.2) is 0 Å². The van der Waals surface area contributed by atoms with E-state index in [9.17, 15) is 0 Å². The maximum atomic E-state index is 5.95. The Labute approximate surface area is 117 Å². The normalized spacial score (nSPS) is 16.8. The summed E-state index contributed by atoms with van der Waals surface area (Å²) >= 11 is 3.48. The fourth-order valence-electron chi connectivity index (χ4n) is 2.16. The molecule has 1 aromatic rings. The van der Waals surface area contributed by atoms with Crippen molar-refractivity contribution in [2.45, 2.75) is 19.3 Å². The molecule has 1 aromatic carbocycles. The number of hydrogen-bond acceptors (Lipinski definition) is 3. The van der Waals surface area contributed by atoms with Crippen molar-refractivity contribution >= 4 is 15.9 Å². The number of rotatable bonds is 5. The third-order valence-electron chi connectivity index (χ3n) is 3.25. The molecular weight excluding hydrogens is 294 g/mol. The SMILES string of the molecule is NCCc1cc(Br)ccc1OCC1CCOCC1. The maximum absolute atomic E-state index is 5.95. The Bertz CT molecular complexity index is 378. The van der Waals surface area contributed by atoms with Crippen LogP contribution in [0.3, 0.4) is 0 Å². The Hall–Kier alpha value is -0.580. The van der Waals surface area contributed by atoms with E-state index < -0.39 is 0 Å². The van der Waals surface area contributed by atoms with Gasteiger partial charge in [-0.3, -0.25) is 0 Å². The summed E-state index contributed by atoms with van der Waals surface area (Å²) in [5.74, 6) is 1.59. The van der Waals surface area contributed by atoms with Crippen LogP contribution in [-0.4, -0.2) is 26.4 Å². The van der Waals surface area contributed by atoms with Crippen LogP contribution in [0.25, 0.3) is 0 Å². The van der Waals surface area contributed by atoms with E-state index in [2.05, 4.69) is 22.0 Å². The van der Waals surface area contributed by atoms with E-state index >= 15 is 0 Å². The van der Waals surface area contributed by atoms with Crippen molar-refractivity contribution in [2.24, 2.45) is 11.7 Å². The van der Waals surface area contributed by atoms with Gasteiger partial charge in [0.25, 0.3) is 0 Å². The molecule has 1 heterocycles. The zero-order valence-electron chi connectivity index (χ0n) is 10.5. The quantitative estimate of drug-likeness (QED) is 0.909. The fourth-order valence-corrected chi connectivity index (χ4v) is 2.57. The van der Waals surface area contributed by atoms with Crippen LogP contribution >= 0.6 is 15.9 Å². The van der Waals surface area contributed by atoms with Crippen molar-refractivity contribution < 1.29 is 9.47 Å². The average molecular weight is 314 g/mol. The van der Waals surface area contributed by atoms with Crippen molar-refractivity contribution in [3.05, 3.63) is 28.2 Å². The van der Waals surface area contributed by atoms with Gasteiger partial charge in [0, 0.05) is 17.7 Å². The second-order valence-corrected chi connectivity index (χ2v) is 5.57. The van der Waals surface area contributed by atoms with Crippen LogP contribution in [0.4, 0.5) is 0 Å². The van der Waals surface area contributed by atoms with E-state index in [0.717, 1.165) is 49.3 Å². The Morgan fingerprint density at radius 2 is 2.11 bits per heavy atom. The smallest absolute Gasteiger partial charge is 0.122 e. The highest BCUT2D eigenvalue weighted by Gasteiger charge is 2.15. The predicted molar refractivity (Wildman–Crippen MR) is 75.9 cm³/mol. The monoisotopic (exact) mass is 313 g/mol. The minimum absolute atomic E-state index is 0.619. The highest BCUT2D eigenvalue weighted by molar-refractivity contribution is 9.10. The number of ether oxygens (including phenoxy) is 2. The Kier molecular flexibility index (Phi) is 5.47. The van der Waals surface area contributed by atoms with Gasteiger partial charge in [-0.05, 0) is 55.5 Å². The van der Waals surface area contributed by atoms with Crippen LogP contribution in [-0.2, 0) is 11.2 Å². The van der Waals surface area contributed by atoms with Crippen LogP contribution in [0, 0.1) is 5.92 Å². The Morgan fingerprint density at radius 3 is 2.83 bits per heavy atom. The van der Waals surface area contributed by atoms with Crippen molar-refractivity contribution in [1.29, 1.82) is 0 Å². The van der Waals surface area contributed by atoms with Crippen molar-refractivity contribution in [3.8, 4) is 5.75 Å². The first-order valence-electron chi connectivity index (χ1n) is 6.48. The molecule has 0 aliphatic carbocycles. The maximum Gasteiger partial charge on any atom is 0.122 e.